The zero-order chi connectivity index (χ0) is 11.4. The Kier molecular flexibility index (Phi) is 3.67. The Morgan fingerprint density at radius 2 is 2.38 bits per heavy atom. The predicted octanol–water partition coefficient (Wildman–Crippen LogP) is 2.28. The average Bonchev–Trinajstić information content (AvgIpc) is 2.48. The third-order valence-corrected chi connectivity index (χ3v) is 3.26. The molecule has 3 nitrogen and oxygen atoms in total. The van der Waals surface area contributed by atoms with Gasteiger partial charge < -0.3 is 15.8 Å². The molecular formula is C13H20N2O. The number of aryl methyl sites for hydroxylation is 1. The van der Waals surface area contributed by atoms with Gasteiger partial charge in [0.15, 0.2) is 0 Å². The number of ether oxygens (including phenoxy) is 1. The van der Waals surface area contributed by atoms with Crippen molar-refractivity contribution in [3.8, 4) is 0 Å². The van der Waals surface area contributed by atoms with Gasteiger partial charge in [-0.2, -0.15) is 0 Å². The summed E-state index contributed by atoms with van der Waals surface area (Å²) in [6.07, 6.45) is 3.46. The zero-order valence-electron chi connectivity index (χ0n) is 9.83. The van der Waals surface area contributed by atoms with Crippen LogP contribution in [0, 0.1) is 5.92 Å². The second-order valence-electron chi connectivity index (χ2n) is 4.48. The SMILES string of the molecule is COCCC1CCc2cc(N)ccc2NC1. The molecule has 0 spiro atoms. The van der Waals surface area contributed by atoms with Crippen LogP contribution in [-0.2, 0) is 11.2 Å². The van der Waals surface area contributed by atoms with E-state index in [9.17, 15) is 0 Å². The summed E-state index contributed by atoms with van der Waals surface area (Å²) in [5.41, 5.74) is 9.25. The van der Waals surface area contributed by atoms with Crippen LogP contribution in [0.4, 0.5) is 11.4 Å². The molecule has 0 saturated heterocycles. The van der Waals surface area contributed by atoms with Gasteiger partial charge in [0.1, 0.15) is 0 Å². The van der Waals surface area contributed by atoms with Gasteiger partial charge in [-0.15, -0.1) is 0 Å². The van der Waals surface area contributed by atoms with E-state index >= 15 is 0 Å². The standard InChI is InChI=1S/C13H20N2O/c1-16-7-6-10-2-3-11-8-12(14)4-5-13(11)15-9-10/h4-5,8,10,15H,2-3,6-7,9,14H2,1H3. The zero-order valence-corrected chi connectivity index (χ0v) is 9.83. The van der Waals surface area contributed by atoms with Gasteiger partial charge in [-0.05, 0) is 48.9 Å². The Morgan fingerprint density at radius 3 is 3.19 bits per heavy atom. The van der Waals surface area contributed by atoms with Crippen molar-refractivity contribution in [1.29, 1.82) is 0 Å². The van der Waals surface area contributed by atoms with Crippen molar-refractivity contribution in [2.75, 3.05) is 31.3 Å². The lowest BCUT2D eigenvalue weighted by Crippen LogP contribution is -2.14. The molecule has 0 radical (unpaired) electrons. The molecule has 16 heavy (non-hydrogen) atoms. The number of benzene rings is 1. The minimum absolute atomic E-state index is 0.702. The first-order valence-corrected chi connectivity index (χ1v) is 5.91. The van der Waals surface area contributed by atoms with Crippen molar-refractivity contribution in [3.63, 3.8) is 0 Å². The topological polar surface area (TPSA) is 47.3 Å². The number of rotatable bonds is 3. The molecule has 0 saturated carbocycles. The Morgan fingerprint density at radius 1 is 1.50 bits per heavy atom. The highest BCUT2D eigenvalue weighted by molar-refractivity contribution is 5.58. The molecule has 0 amide bonds. The van der Waals surface area contributed by atoms with Gasteiger partial charge in [0.2, 0.25) is 0 Å². The van der Waals surface area contributed by atoms with Crippen molar-refractivity contribution < 1.29 is 4.74 Å². The molecule has 1 aromatic carbocycles. The maximum atomic E-state index is 5.80. The Balaban J connectivity index is 2.01. The van der Waals surface area contributed by atoms with E-state index in [1.54, 1.807) is 7.11 Å². The maximum Gasteiger partial charge on any atom is 0.0465 e. The molecule has 3 N–H and O–H groups in total. The van der Waals surface area contributed by atoms with E-state index < -0.39 is 0 Å². The molecule has 3 heteroatoms. The summed E-state index contributed by atoms with van der Waals surface area (Å²) >= 11 is 0. The van der Waals surface area contributed by atoms with Crippen LogP contribution in [0.5, 0.6) is 0 Å². The van der Waals surface area contributed by atoms with E-state index in [4.69, 9.17) is 10.5 Å². The Bertz CT molecular complexity index is 352. The molecule has 1 aliphatic heterocycles. The summed E-state index contributed by atoms with van der Waals surface area (Å²) in [6.45, 7) is 1.89. The van der Waals surface area contributed by atoms with E-state index in [0.717, 1.165) is 31.7 Å². The van der Waals surface area contributed by atoms with Crippen LogP contribution in [0.2, 0.25) is 0 Å². The van der Waals surface area contributed by atoms with Crippen LogP contribution in [0.15, 0.2) is 18.2 Å². The molecule has 1 unspecified atom stereocenters. The van der Waals surface area contributed by atoms with Crippen molar-refractivity contribution in [2.45, 2.75) is 19.3 Å². The Hall–Kier alpha value is -1.22. The predicted molar refractivity (Wildman–Crippen MR) is 67.6 cm³/mol. The summed E-state index contributed by atoms with van der Waals surface area (Å²) in [4.78, 5) is 0. The van der Waals surface area contributed by atoms with Crippen molar-refractivity contribution in [1.82, 2.24) is 0 Å². The van der Waals surface area contributed by atoms with Gasteiger partial charge in [0.25, 0.3) is 0 Å². The first kappa shape index (κ1) is 11.3. The number of nitrogen functional groups attached to an aromatic ring is 1. The number of hydrogen-bond donors (Lipinski definition) is 2. The summed E-state index contributed by atoms with van der Waals surface area (Å²) in [7, 11) is 1.76. The number of anilines is 2. The van der Waals surface area contributed by atoms with E-state index in [1.165, 1.54) is 17.7 Å². The number of hydrogen-bond acceptors (Lipinski definition) is 3. The molecule has 1 atom stereocenters. The molecule has 0 aliphatic carbocycles. The van der Waals surface area contributed by atoms with E-state index in [2.05, 4.69) is 17.4 Å². The maximum absolute atomic E-state index is 5.80. The number of nitrogens with two attached hydrogens (primary N) is 1. The molecule has 0 aromatic heterocycles. The number of methoxy groups -OCH3 is 1. The minimum Gasteiger partial charge on any atom is -0.399 e. The first-order chi connectivity index (χ1) is 7.79. The largest absolute Gasteiger partial charge is 0.399 e. The van der Waals surface area contributed by atoms with E-state index in [0.29, 0.717) is 5.92 Å². The molecule has 2 rings (SSSR count). The van der Waals surface area contributed by atoms with Gasteiger partial charge in [-0.25, -0.2) is 0 Å². The monoisotopic (exact) mass is 220 g/mol. The van der Waals surface area contributed by atoms with Crippen molar-refractivity contribution in [3.05, 3.63) is 23.8 Å². The lowest BCUT2D eigenvalue weighted by atomic mass is 9.98. The van der Waals surface area contributed by atoms with E-state index in [1.807, 2.05) is 6.07 Å². The second-order valence-corrected chi connectivity index (χ2v) is 4.48. The van der Waals surface area contributed by atoms with Crippen LogP contribution >= 0.6 is 0 Å². The lowest BCUT2D eigenvalue weighted by molar-refractivity contribution is 0.177. The normalized spacial score (nSPS) is 19.7. The minimum atomic E-state index is 0.702. The summed E-state index contributed by atoms with van der Waals surface area (Å²) in [5.74, 6) is 0.702. The third kappa shape index (κ3) is 2.67. The third-order valence-electron chi connectivity index (χ3n) is 3.26. The smallest absolute Gasteiger partial charge is 0.0465 e. The fourth-order valence-corrected chi connectivity index (χ4v) is 2.24. The van der Waals surface area contributed by atoms with Gasteiger partial charge >= 0.3 is 0 Å². The molecule has 1 heterocycles. The molecule has 88 valence electrons. The van der Waals surface area contributed by atoms with Gasteiger partial charge in [-0.3, -0.25) is 0 Å². The van der Waals surface area contributed by atoms with Crippen LogP contribution in [0.1, 0.15) is 18.4 Å². The highest BCUT2D eigenvalue weighted by atomic mass is 16.5. The summed E-state index contributed by atoms with van der Waals surface area (Å²) in [6, 6.07) is 6.13. The van der Waals surface area contributed by atoms with Gasteiger partial charge in [0, 0.05) is 31.6 Å². The average molecular weight is 220 g/mol. The molecule has 0 bridgehead atoms. The fraction of sp³-hybridized carbons (Fsp3) is 0.538. The van der Waals surface area contributed by atoms with Crippen molar-refractivity contribution >= 4 is 11.4 Å². The van der Waals surface area contributed by atoms with Gasteiger partial charge in [-0.1, -0.05) is 0 Å². The fourth-order valence-electron chi connectivity index (χ4n) is 2.24. The van der Waals surface area contributed by atoms with Crippen LogP contribution in [0.3, 0.4) is 0 Å². The van der Waals surface area contributed by atoms with Crippen LogP contribution in [0.25, 0.3) is 0 Å². The molecule has 0 fully saturated rings. The lowest BCUT2D eigenvalue weighted by Gasteiger charge is -2.13. The van der Waals surface area contributed by atoms with Crippen molar-refractivity contribution in [2.24, 2.45) is 5.92 Å². The molecular weight excluding hydrogens is 200 g/mol. The van der Waals surface area contributed by atoms with Crippen LogP contribution < -0.4 is 11.1 Å². The quantitative estimate of drug-likeness (QED) is 0.768. The van der Waals surface area contributed by atoms with Gasteiger partial charge in [0.05, 0.1) is 0 Å². The first-order valence-electron chi connectivity index (χ1n) is 5.91. The molecule has 1 aromatic rings. The summed E-state index contributed by atoms with van der Waals surface area (Å²) in [5, 5.41) is 3.50. The highest BCUT2D eigenvalue weighted by Gasteiger charge is 2.15. The number of fused-ring (bicyclic) bond motifs is 1. The molecule has 1 aliphatic rings. The second kappa shape index (κ2) is 5.21. The van der Waals surface area contributed by atoms with E-state index in [-0.39, 0.29) is 0 Å². The highest BCUT2D eigenvalue weighted by Crippen LogP contribution is 2.26. The summed E-state index contributed by atoms with van der Waals surface area (Å²) < 4.78 is 5.13. The number of nitrogens with one attached hydrogen (secondary N) is 1. The Labute approximate surface area is 97.0 Å². The van der Waals surface area contributed by atoms with Crippen LogP contribution in [-0.4, -0.2) is 20.3 Å².